The zero-order chi connectivity index (χ0) is 7.89. The average molecular weight is 146 g/mol. The monoisotopic (exact) mass is 146 g/mol. The summed E-state index contributed by atoms with van der Waals surface area (Å²) in [5.74, 6) is -0.398. The van der Waals surface area contributed by atoms with Crippen LogP contribution in [0.15, 0.2) is 0 Å². The van der Waals surface area contributed by atoms with Gasteiger partial charge in [0.15, 0.2) is 0 Å². The first-order valence-corrected chi connectivity index (χ1v) is 2.82. The van der Waals surface area contributed by atoms with Crippen LogP contribution in [0.2, 0.25) is 0 Å². The first-order valence-electron chi connectivity index (χ1n) is 2.82. The minimum absolute atomic E-state index is 0.398. The van der Waals surface area contributed by atoms with E-state index in [1.807, 2.05) is 0 Å². The Hall–Kier alpha value is -1.20. The van der Waals surface area contributed by atoms with Crippen LogP contribution in [0.1, 0.15) is 6.92 Å². The van der Waals surface area contributed by atoms with Crippen molar-refractivity contribution in [2.75, 3.05) is 0 Å². The van der Waals surface area contributed by atoms with Crippen LogP contribution in [0.4, 0.5) is 0 Å². The molecule has 2 unspecified atom stereocenters. The van der Waals surface area contributed by atoms with Crippen molar-refractivity contribution in [3.8, 4) is 0 Å². The quantitative estimate of drug-likeness (QED) is 0.403. The van der Waals surface area contributed by atoms with Gasteiger partial charge in [-0.15, -0.1) is 0 Å². The Bertz CT molecular complexity index is 172. The fourth-order valence-electron chi connectivity index (χ4n) is 1.05. The largest absolute Gasteiger partial charge is 0.288 e. The van der Waals surface area contributed by atoms with Gasteiger partial charge in [0.25, 0.3) is 12.1 Å². The van der Waals surface area contributed by atoms with Crippen molar-refractivity contribution in [3.63, 3.8) is 0 Å². The highest BCUT2D eigenvalue weighted by Gasteiger charge is 2.67. The Balaban J connectivity index is 2.57. The fraction of sp³-hybridized carbons (Fsp3) is 1.00. The summed E-state index contributed by atoms with van der Waals surface area (Å²) in [6, 6.07) is -1.90. The van der Waals surface area contributed by atoms with Crippen LogP contribution in [-0.4, -0.2) is 21.9 Å². The van der Waals surface area contributed by atoms with Crippen molar-refractivity contribution < 1.29 is 9.85 Å². The molecule has 56 valence electrons. The van der Waals surface area contributed by atoms with Gasteiger partial charge in [0.1, 0.15) is 5.92 Å². The maximum absolute atomic E-state index is 9.99. The highest BCUT2D eigenvalue weighted by atomic mass is 16.6. The van der Waals surface area contributed by atoms with Crippen LogP contribution in [0.5, 0.6) is 0 Å². The zero-order valence-electron chi connectivity index (χ0n) is 5.26. The molecular weight excluding hydrogens is 140 g/mol. The predicted molar refractivity (Wildman–Crippen MR) is 30.7 cm³/mol. The first-order chi connectivity index (χ1) is 4.55. The molecular formula is C4H6N2O4. The van der Waals surface area contributed by atoms with Crippen LogP contribution in [0, 0.1) is 26.1 Å². The molecule has 0 N–H and O–H groups in total. The minimum Gasteiger partial charge on any atom is -0.264 e. The van der Waals surface area contributed by atoms with E-state index in [4.69, 9.17) is 0 Å². The summed E-state index contributed by atoms with van der Waals surface area (Å²) < 4.78 is 0. The van der Waals surface area contributed by atoms with Gasteiger partial charge in [0, 0.05) is 9.85 Å². The maximum Gasteiger partial charge on any atom is 0.288 e. The molecule has 0 spiro atoms. The summed E-state index contributed by atoms with van der Waals surface area (Å²) in [6.07, 6.45) is 0. The standard InChI is InChI=1S/C4H6N2O4/c1-2-3(5(7)8)4(2)6(9)10/h2-4H,1H3. The van der Waals surface area contributed by atoms with Gasteiger partial charge < -0.3 is 0 Å². The van der Waals surface area contributed by atoms with Gasteiger partial charge in [0.05, 0.1) is 0 Å². The minimum atomic E-state index is -0.949. The number of nitrogens with zero attached hydrogens (tertiary/aromatic N) is 2. The van der Waals surface area contributed by atoms with E-state index >= 15 is 0 Å². The Kier molecular flexibility index (Phi) is 1.31. The van der Waals surface area contributed by atoms with Crippen molar-refractivity contribution in [1.29, 1.82) is 0 Å². The van der Waals surface area contributed by atoms with E-state index in [9.17, 15) is 20.2 Å². The molecule has 0 aromatic rings. The number of hydrogen-bond acceptors (Lipinski definition) is 4. The third-order valence-electron chi connectivity index (χ3n) is 1.77. The maximum atomic E-state index is 9.99. The second-order valence-electron chi connectivity index (χ2n) is 2.41. The molecule has 0 bridgehead atoms. The molecule has 0 amide bonds. The van der Waals surface area contributed by atoms with E-state index in [0.29, 0.717) is 0 Å². The summed E-state index contributed by atoms with van der Waals surface area (Å²) in [6.45, 7) is 1.51. The molecule has 0 saturated heterocycles. The Morgan fingerprint density at radius 2 is 1.40 bits per heavy atom. The molecule has 1 aliphatic rings. The molecule has 2 atom stereocenters. The molecule has 0 aromatic heterocycles. The summed E-state index contributed by atoms with van der Waals surface area (Å²) in [4.78, 5) is 18.8. The van der Waals surface area contributed by atoms with Gasteiger partial charge in [-0.1, -0.05) is 0 Å². The Morgan fingerprint density at radius 1 is 1.10 bits per heavy atom. The van der Waals surface area contributed by atoms with Crippen LogP contribution >= 0.6 is 0 Å². The van der Waals surface area contributed by atoms with Crippen LogP contribution in [-0.2, 0) is 0 Å². The third-order valence-corrected chi connectivity index (χ3v) is 1.77. The van der Waals surface area contributed by atoms with E-state index in [1.54, 1.807) is 0 Å². The topological polar surface area (TPSA) is 86.3 Å². The summed E-state index contributed by atoms with van der Waals surface area (Å²) in [5.41, 5.74) is 0. The van der Waals surface area contributed by atoms with E-state index in [2.05, 4.69) is 0 Å². The summed E-state index contributed by atoms with van der Waals surface area (Å²) in [5, 5.41) is 20.0. The van der Waals surface area contributed by atoms with Gasteiger partial charge in [-0.05, 0) is 6.92 Å². The van der Waals surface area contributed by atoms with Crippen molar-refractivity contribution in [2.24, 2.45) is 5.92 Å². The van der Waals surface area contributed by atoms with Crippen LogP contribution in [0.3, 0.4) is 0 Å². The number of nitro groups is 2. The second-order valence-corrected chi connectivity index (χ2v) is 2.41. The highest BCUT2D eigenvalue weighted by molar-refractivity contribution is 4.95. The summed E-state index contributed by atoms with van der Waals surface area (Å²) >= 11 is 0. The molecule has 0 aliphatic heterocycles. The molecule has 1 rings (SSSR count). The van der Waals surface area contributed by atoms with E-state index < -0.39 is 27.8 Å². The van der Waals surface area contributed by atoms with Crippen LogP contribution in [0.25, 0.3) is 0 Å². The molecule has 1 aliphatic carbocycles. The second kappa shape index (κ2) is 1.89. The first kappa shape index (κ1) is 6.91. The molecule has 1 saturated carbocycles. The van der Waals surface area contributed by atoms with E-state index in [-0.39, 0.29) is 0 Å². The predicted octanol–water partition coefficient (Wildman–Crippen LogP) is -0.0733. The van der Waals surface area contributed by atoms with Crippen molar-refractivity contribution in [2.45, 2.75) is 19.0 Å². The van der Waals surface area contributed by atoms with Crippen molar-refractivity contribution in [1.82, 2.24) is 0 Å². The molecule has 0 radical (unpaired) electrons. The highest BCUT2D eigenvalue weighted by Crippen LogP contribution is 2.35. The molecule has 0 aromatic carbocycles. The molecule has 1 fully saturated rings. The normalized spacial score (nSPS) is 37.1. The van der Waals surface area contributed by atoms with Gasteiger partial charge in [-0.25, -0.2) is 0 Å². The van der Waals surface area contributed by atoms with E-state index in [1.165, 1.54) is 6.92 Å². The lowest BCUT2D eigenvalue weighted by molar-refractivity contribution is -0.558. The lowest BCUT2D eigenvalue weighted by Crippen LogP contribution is -2.12. The lowest BCUT2D eigenvalue weighted by Gasteiger charge is -1.83. The Labute approximate surface area is 56.1 Å². The van der Waals surface area contributed by atoms with Gasteiger partial charge >= 0.3 is 0 Å². The average Bonchev–Trinajstić information content (AvgIpc) is 2.40. The summed E-state index contributed by atoms with van der Waals surface area (Å²) in [7, 11) is 0. The van der Waals surface area contributed by atoms with Gasteiger partial charge in [0.2, 0.25) is 0 Å². The zero-order valence-corrected chi connectivity index (χ0v) is 5.26. The van der Waals surface area contributed by atoms with Gasteiger partial charge in [-0.3, -0.25) is 20.2 Å². The smallest absolute Gasteiger partial charge is 0.264 e. The Morgan fingerprint density at radius 3 is 1.50 bits per heavy atom. The lowest BCUT2D eigenvalue weighted by atomic mass is 10.5. The third kappa shape index (κ3) is 0.810. The van der Waals surface area contributed by atoms with Crippen LogP contribution < -0.4 is 0 Å². The molecule has 0 heterocycles. The van der Waals surface area contributed by atoms with Crippen molar-refractivity contribution >= 4 is 0 Å². The SMILES string of the molecule is CC1C([N+](=O)[O-])C1[N+](=O)[O-]. The van der Waals surface area contributed by atoms with Crippen molar-refractivity contribution in [3.05, 3.63) is 20.2 Å². The molecule has 6 nitrogen and oxygen atoms in total. The molecule has 6 heteroatoms. The number of hydrogen-bond donors (Lipinski definition) is 0. The van der Waals surface area contributed by atoms with Gasteiger partial charge in [-0.2, -0.15) is 0 Å². The fourth-order valence-corrected chi connectivity index (χ4v) is 1.05. The number of rotatable bonds is 2. The van der Waals surface area contributed by atoms with E-state index in [0.717, 1.165) is 0 Å². The molecule has 10 heavy (non-hydrogen) atoms.